The summed E-state index contributed by atoms with van der Waals surface area (Å²) in [5, 5.41) is 2.96. The summed E-state index contributed by atoms with van der Waals surface area (Å²) in [6, 6.07) is 14.9. The third-order valence-corrected chi connectivity index (χ3v) is 7.12. The van der Waals surface area contributed by atoms with E-state index in [2.05, 4.69) is 5.32 Å². The quantitative estimate of drug-likeness (QED) is 0.485. The zero-order valence-electron chi connectivity index (χ0n) is 22.7. The van der Waals surface area contributed by atoms with Crippen LogP contribution in [-0.4, -0.2) is 56.1 Å². The summed E-state index contributed by atoms with van der Waals surface area (Å²) in [7, 11) is -3.53. The van der Waals surface area contributed by atoms with E-state index in [1.165, 1.54) is 10.6 Å². The second kappa shape index (κ2) is 12.4. The number of hydrogen-bond acceptors (Lipinski definition) is 4. The molecule has 0 aliphatic carbocycles. The lowest BCUT2D eigenvalue weighted by molar-refractivity contribution is -0.140. The lowest BCUT2D eigenvalue weighted by atomic mass is 10.1. The summed E-state index contributed by atoms with van der Waals surface area (Å²) in [5.41, 5.74) is 3.11. The van der Waals surface area contributed by atoms with E-state index in [0.717, 1.165) is 16.7 Å². The van der Waals surface area contributed by atoms with Crippen LogP contribution in [0.5, 0.6) is 0 Å². The minimum Gasteiger partial charge on any atom is -0.350 e. The highest BCUT2D eigenvalue weighted by Gasteiger charge is 2.28. The Hall–Kier alpha value is -2.87. The molecular weight excluding hydrogens is 474 g/mol. The minimum atomic E-state index is -3.53. The Morgan fingerprint density at radius 2 is 1.64 bits per heavy atom. The first-order valence-electron chi connectivity index (χ1n) is 12.4. The van der Waals surface area contributed by atoms with Crippen LogP contribution in [0.1, 0.15) is 57.2 Å². The van der Waals surface area contributed by atoms with Crippen molar-refractivity contribution in [2.75, 3.05) is 23.7 Å². The summed E-state index contributed by atoms with van der Waals surface area (Å²) in [6.07, 6.45) is 2.28. The fraction of sp³-hybridized carbons (Fsp3) is 0.500. The number of hydrogen-bond donors (Lipinski definition) is 1. The molecule has 1 N–H and O–H groups in total. The number of carbonyl (C=O) groups excluding carboxylic acids is 2. The van der Waals surface area contributed by atoms with Gasteiger partial charge in [-0.25, -0.2) is 8.42 Å². The van der Waals surface area contributed by atoms with Gasteiger partial charge in [0.25, 0.3) is 0 Å². The molecule has 0 saturated carbocycles. The average molecular weight is 516 g/mol. The molecule has 0 bridgehead atoms. The maximum atomic E-state index is 13.3. The van der Waals surface area contributed by atoms with Crippen LogP contribution in [0.25, 0.3) is 0 Å². The van der Waals surface area contributed by atoms with Gasteiger partial charge in [0.1, 0.15) is 6.04 Å². The second-order valence-corrected chi connectivity index (χ2v) is 12.4. The van der Waals surface area contributed by atoms with E-state index in [1.807, 2.05) is 83.1 Å². The summed E-state index contributed by atoms with van der Waals surface area (Å²) in [5.74, 6) is -0.381. The largest absolute Gasteiger partial charge is 0.350 e. The number of sulfonamides is 1. The van der Waals surface area contributed by atoms with Gasteiger partial charge in [0.2, 0.25) is 21.8 Å². The molecule has 2 amide bonds. The molecule has 8 heteroatoms. The van der Waals surface area contributed by atoms with E-state index in [9.17, 15) is 18.0 Å². The Morgan fingerprint density at radius 1 is 1.00 bits per heavy atom. The first kappa shape index (κ1) is 29.4. The van der Waals surface area contributed by atoms with Crippen molar-refractivity contribution in [3.05, 3.63) is 65.2 Å². The minimum absolute atomic E-state index is 0.138. The number of aryl methyl sites for hydroxylation is 2. The van der Waals surface area contributed by atoms with E-state index in [1.54, 1.807) is 11.8 Å². The number of benzene rings is 2. The van der Waals surface area contributed by atoms with Crippen molar-refractivity contribution in [3.63, 3.8) is 0 Å². The third kappa shape index (κ3) is 8.97. The first-order valence-corrected chi connectivity index (χ1v) is 14.2. The number of anilines is 1. The van der Waals surface area contributed by atoms with E-state index < -0.39 is 21.6 Å². The van der Waals surface area contributed by atoms with Crippen LogP contribution in [0.15, 0.2) is 48.5 Å². The van der Waals surface area contributed by atoms with Crippen LogP contribution in [0.4, 0.5) is 5.69 Å². The molecule has 1 unspecified atom stereocenters. The lowest BCUT2D eigenvalue weighted by Crippen LogP contribution is -2.53. The lowest BCUT2D eigenvalue weighted by Gasteiger charge is -2.32. The van der Waals surface area contributed by atoms with E-state index in [4.69, 9.17) is 0 Å². The standard InChI is InChI=1S/C28H41N3O4S/c1-21-15-16-22(2)25(20-21)31(36(7,34)35)18-11-14-26(32)30(19-17-24-12-9-8-10-13-24)23(3)27(33)29-28(4,5)6/h8-10,12-13,15-16,20,23H,11,14,17-19H2,1-7H3,(H,29,33). The van der Waals surface area contributed by atoms with E-state index in [-0.39, 0.29) is 24.8 Å². The van der Waals surface area contributed by atoms with Gasteiger partial charge in [0.15, 0.2) is 0 Å². The van der Waals surface area contributed by atoms with Gasteiger partial charge in [0, 0.05) is 25.0 Å². The zero-order valence-corrected chi connectivity index (χ0v) is 23.5. The SMILES string of the molecule is Cc1ccc(C)c(N(CCCC(=O)N(CCc2ccccc2)C(C)C(=O)NC(C)(C)C)S(C)(=O)=O)c1. The van der Waals surface area contributed by atoms with Crippen molar-refractivity contribution < 1.29 is 18.0 Å². The number of carbonyl (C=O) groups is 2. The molecule has 0 fully saturated rings. The molecule has 198 valence electrons. The van der Waals surface area contributed by atoms with Gasteiger partial charge >= 0.3 is 0 Å². The number of amides is 2. The predicted octanol–water partition coefficient (Wildman–Crippen LogP) is 4.22. The van der Waals surface area contributed by atoms with Gasteiger partial charge in [-0.15, -0.1) is 0 Å². The van der Waals surface area contributed by atoms with Crippen molar-refractivity contribution in [3.8, 4) is 0 Å². The van der Waals surface area contributed by atoms with Crippen molar-refractivity contribution in [2.24, 2.45) is 0 Å². The second-order valence-electron chi connectivity index (χ2n) is 10.5. The molecule has 0 aliphatic heterocycles. The Labute approximate surface area is 216 Å². The molecule has 2 aromatic carbocycles. The number of nitrogens with one attached hydrogen (secondary N) is 1. The van der Waals surface area contributed by atoms with E-state index in [0.29, 0.717) is 25.1 Å². The maximum absolute atomic E-state index is 13.3. The van der Waals surface area contributed by atoms with Gasteiger partial charge in [-0.05, 0) is 77.1 Å². The van der Waals surface area contributed by atoms with Crippen molar-refractivity contribution >= 4 is 27.5 Å². The fourth-order valence-corrected chi connectivity index (χ4v) is 5.03. The predicted molar refractivity (Wildman–Crippen MR) is 147 cm³/mol. The molecule has 0 radical (unpaired) electrons. The molecule has 0 spiro atoms. The molecule has 0 heterocycles. The molecule has 0 aromatic heterocycles. The molecule has 1 atom stereocenters. The molecule has 0 aliphatic rings. The summed E-state index contributed by atoms with van der Waals surface area (Å²) < 4.78 is 26.5. The third-order valence-electron chi connectivity index (χ3n) is 5.94. The molecular formula is C28H41N3O4S. The monoisotopic (exact) mass is 515 g/mol. The van der Waals surface area contributed by atoms with Gasteiger partial charge in [-0.1, -0.05) is 42.5 Å². The van der Waals surface area contributed by atoms with Crippen LogP contribution < -0.4 is 9.62 Å². The fourth-order valence-electron chi connectivity index (χ4n) is 4.01. The highest BCUT2D eigenvalue weighted by atomic mass is 32.2. The Morgan fingerprint density at radius 3 is 2.22 bits per heavy atom. The maximum Gasteiger partial charge on any atom is 0.242 e. The first-order chi connectivity index (χ1) is 16.7. The Kier molecular flexibility index (Phi) is 10.1. The van der Waals surface area contributed by atoms with Crippen molar-refractivity contribution in [1.29, 1.82) is 0 Å². The molecule has 0 saturated heterocycles. The molecule has 2 rings (SSSR count). The molecule has 7 nitrogen and oxygen atoms in total. The van der Waals surface area contributed by atoms with Crippen LogP contribution in [0, 0.1) is 13.8 Å². The van der Waals surface area contributed by atoms with E-state index >= 15 is 0 Å². The molecule has 2 aromatic rings. The van der Waals surface area contributed by atoms with Crippen LogP contribution in [0.2, 0.25) is 0 Å². The zero-order chi connectivity index (χ0) is 27.1. The van der Waals surface area contributed by atoms with Gasteiger partial charge < -0.3 is 10.2 Å². The number of rotatable bonds is 11. The van der Waals surface area contributed by atoms with Crippen molar-refractivity contribution in [2.45, 2.75) is 72.4 Å². The summed E-state index contributed by atoms with van der Waals surface area (Å²) >= 11 is 0. The average Bonchev–Trinajstić information content (AvgIpc) is 2.77. The highest BCUT2D eigenvalue weighted by molar-refractivity contribution is 7.92. The van der Waals surface area contributed by atoms with Crippen LogP contribution in [-0.2, 0) is 26.0 Å². The Balaban J connectivity index is 2.16. The smallest absolute Gasteiger partial charge is 0.242 e. The number of nitrogens with zero attached hydrogens (tertiary/aromatic N) is 2. The van der Waals surface area contributed by atoms with Crippen LogP contribution in [0.3, 0.4) is 0 Å². The van der Waals surface area contributed by atoms with Gasteiger partial charge in [-0.3, -0.25) is 13.9 Å². The summed E-state index contributed by atoms with van der Waals surface area (Å²) in [6.45, 7) is 11.8. The topological polar surface area (TPSA) is 86.8 Å². The summed E-state index contributed by atoms with van der Waals surface area (Å²) in [4.78, 5) is 27.8. The van der Waals surface area contributed by atoms with Gasteiger partial charge in [-0.2, -0.15) is 0 Å². The normalized spacial score (nSPS) is 12.6. The Bertz CT molecular complexity index is 1140. The van der Waals surface area contributed by atoms with Crippen molar-refractivity contribution in [1.82, 2.24) is 10.2 Å². The molecule has 36 heavy (non-hydrogen) atoms. The van der Waals surface area contributed by atoms with Gasteiger partial charge in [0.05, 0.1) is 11.9 Å². The highest BCUT2D eigenvalue weighted by Crippen LogP contribution is 2.24. The van der Waals surface area contributed by atoms with Crippen LogP contribution >= 0.6 is 0 Å².